The van der Waals surface area contributed by atoms with Crippen LogP contribution >= 0.6 is 0 Å². The summed E-state index contributed by atoms with van der Waals surface area (Å²) in [6.45, 7) is 4.59. The fraction of sp³-hybridized carbons (Fsp3) is 0.632. The molecule has 4 nitrogen and oxygen atoms in total. The van der Waals surface area contributed by atoms with E-state index in [-0.39, 0.29) is 12.0 Å². The fourth-order valence-electron chi connectivity index (χ4n) is 3.88. The van der Waals surface area contributed by atoms with Crippen molar-refractivity contribution in [2.24, 2.45) is 5.92 Å². The van der Waals surface area contributed by atoms with Crippen LogP contribution in [0.25, 0.3) is 0 Å². The number of para-hydroxylation sites is 1. The lowest BCUT2D eigenvalue weighted by atomic mass is 9.89. The van der Waals surface area contributed by atoms with Crippen molar-refractivity contribution in [1.29, 1.82) is 0 Å². The van der Waals surface area contributed by atoms with E-state index in [0.717, 1.165) is 24.2 Å². The quantitative estimate of drug-likeness (QED) is 0.848. The SMILES string of the molecule is Cc1ccccc1OC(C)CNC(=O)CC1CC2CCC(C1)N2. The number of carbonyl (C=O) groups excluding carboxylic acids is 1. The molecule has 23 heavy (non-hydrogen) atoms. The molecule has 0 radical (unpaired) electrons. The van der Waals surface area contributed by atoms with E-state index < -0.39 is 0 Å². The number of nitrogens with one attached hydrogen (secondary N) is 2. The van der Waals surface area contributed by atoms with Crippen LogP contribution in [0.1, 0.15) is 44.6 Å². The molecule has 0 aliphatic carbocycles. The minimum absolute atomic E-state index is 0.0238. The Hall–Kier alpha value is -1.55. The number of aryl methyl sites for hydroxylation is 1. The molecule has 2 saturated heterocycles. The van der Waals surface area contributed by atoms with Crippen molar-refractivity contribution in [2.75, 3.05) is 6.54 Å². The van der Waals surface area contributed by atoms with Crippen LogP contribution in [0.3, 0.4) is 0 Å². The van der Waals surface area contributed by atoms with E-state index in [0.29, 0.717) is 31.0 Å². The molecule has 126 valence electrons. The molecule has 3 unspecified atom stereocenters. The lowest BCUT2D eigenvalue weighted by molar-refractivity contribution is -0.122. The minimum atomic E-state index is -0.0238. The van der Waals surface area contributed by atoms with Crippen LogP contribution in [-0.2, 0) is 4.79 Å². The number of ether oxygens (including phenoxy) is 1. The van der Waals surface area contributed by atoms with Gasteiger partial charge in [0.05, 0.1) is 6.54 Å². The van der Waals surface area contributed by atoms with Gasteiger partial charge in [-0.3, -0.25) is 4.79 Å². The number of benzene rings is 1. The second kappa shape index (κ2) is 7.35. The summed E-state index contributed by atoms with van der Waals surface area (Å²) >= 11 is 0. The van der Waals surface area contributed by atoms with E-state index in [1.54, 1.807) is 0 Å². The maximum atomic E-state index is 12.2. The molecule has 0 saturated carbocycles. The van der Waals surface area contributed by atoms with Crippen LogP contribution in [-0.4, -0.2) is 30.6 Å². The topological polar surface area (TPSA) is 50.4 Å². The number of hydrogen-bond donors (Lipinski definition) is 2. The van der Waals surface area contributed by atoms with Crippen LogP contribution in [0, 0.1) is 12.8 Å². The Labute approximate surface area is 139 Å². The number of carbonyl (C=O) groups is 1. The van der Waals surface area contributed by atoms with Gasteiger partial charge in [-0.25, -0.2) is 0 Å². The predicted octanol–water partition coefficient (Wildman–Crippen LogP) is 2.80. The number of fused-ring (bicyclic) bond motifs is 2. The zero-order valence-corrected chi connectivity index (χ0v) is 14.2. The van der Waals surface area contributed by atoms with Gasteiger partial charge in [0, 0.05) is 18.5 Å². The first-order chi connectivity index (χ1) is 11.1. The van der Waals surface area contributed by atoms with Gasteiger partial charge in [0.1, 0.15) is 11.9 Å². The van der Waals surface area contributed by atoms with Crippen molar-refractivity contribution >= 4 is 5.91 Å². The van der Waals surface area contributed by atoms with Crippen molar-refractivity contribution in [3.05, 3.63) is 29.8 Å². The highest BCUT2D eigenvalue weighted by molar-refractivity contribution is 5.76. The van der Waals surface area contributed by atoms with Gasteiger partial charge in [-0.15, -0.1) is 0 Å². The molecule has 2 bridgehead atoms. The maximum absolute atomic E-state index is 12.2. The fourth-order valence-corrected chi connectivity index (χ4v) is 3.88. The number of piperidine rings is 1. The van der Waals surface area contributed by atoms with Gasteiger partial charge in [0.15, 0.2) is 0 Å². The summed E-state index contributed by atoms with van der Waals surface area (Å²) in [5.41, 5.74) is 1.12. The van der Waals surface area contributed by atoms with Gasteiger partial charge < -0.3 is 15.4 Å². The summed E-state index contributed by atoms with van der Waals surface area (Å²) in [7, 11) is 0. The third kappa shape index (κ3) is 4.47. The van der Waals surface area contributed by atoms with Gasteiger partial charge in [0.25, 0.3) is 0 Å². The number of amides is 1. The lowest BCUT2D eigenvalue weighted by Crippen LogP contribution is -2.40. The molecule has 0 spiro atoms. The molecule has 2 fully saturated rings. The molecular weight excluding hydrogens is 288 g/mol. The van der Waals surface area contributed by atoms with E-state index in [4.69, 9.17) is 4.74 Å². The van der Waals surface area contributed by atoms with E-state index in [1.807, 2.05) is 38.1 Å². The molecule has 2 heterocycles. The van der Waals surface area contributed by atoms with E-state index in [9.17, 15) is 4.79 Å². The number of hydrogen-bond acceptors (Lipinski definition) is 3. The third-order valence-corrected chi connectivity index (χ3v) is 5.05. The van der Waals surface area contributed by atoms with E-state index >= 15 is 0 Å². The molecule has 3 atom stereocenters. The second-order valence-electron chi connectivity index (χ2n) is 7.18. The van der Waals surface area contributed by atoms with Crippen LogP contribution in [0.5, 0.6) is 5.75 Å². The van der Waals surface area contributed by atoms with Gasteiger partial charge in [-0.05, 0) is 57.1 Å². The third-order valence-electron chi connectivity index (χ3n) is 5.05. The summed E-state index contributed by atoms with van der Waals surface area (Å²) in [6.07, 6.45) is 5.50. The van der Waals surface area contributed by atoms with Gasteiger partial charge in [-0.2, -0.15) is 0 Å². The van der Waals surface area contributed by atoms with Crippen LogP contribution in [0.2, 0.25) is 0 Å². The first-order valence-corrected chi connectivity index (χ1v) is 8.85. The Balaban J connectivity index is 1.39. The molecule has 2 N–H and O–H groups in total. The van der Waals surface area contributed by atoms with Crippen LogP contribution in [0.15, 0.2) is 24.3 Å². The minimum Gasteiger partial charge on any atom is -0.489 e. The molecular formula is C19H28N2O2. The molecule has 3 rings (SSSR count). The van der Waals surface area contributed by atoms with Crippen molar-refractivity contribution in [2.45, 2.75) is 64.1 Å². The zero-order valence-electron chi connectivity index (χ0n) is 14.2. The Bertz CT molecular complexity index is 534. The Morgan fingerprint density at radius 3 is 2.70 bits per heavy atom. The lowest BCUT2D eigenvalue weighted by Gasteiger charge is -2.28. The molecule has 0 aromatic heterocycles. The Morgan fingerprint density at radius 2 is 2.00 bits per heavy atom. The number of rotatable bonds is 6. The highest BCUT2D eigenvalue weighted by atomic mass is 16.5. The van der Waals surface area contributed by atoms with Gasteiger partial charge in [0.2, 0.25) is 5.91 Å². The van der Waals surface area contributed by atoms with Gasteiger partial charge >= 0.3 is 0 Å². The normalized spacial score (nSPS) is 27.5. The van der Waals surface area contributed by atoms with Crippen molar-refractivity contribution in [3.8, 4) is 5.75 Å². The standard InChI is InChI=1S/C19H28N2O2/c1-13-5-3-4-6-18(13)23-14(2)12-20-19(22)11-15-9-16-7-8-17(10-15)21-16/h3-6,14-17,21H,7-12H2,1-2H3,(H,20,22). The first-order valence-electron chi connectivity index (χ1n) is 8.85. The predicted molar refractivity (Wildman–Crippen MR) is 91.6 cm³/mol. The maximum Gasteiger partial charge on any atom is 0.220 e. The summed E-state index contributed by atoms with van der Waals surface area (Å²) in [5.74, 6) is 1.60. The smallest absolute Gasteiger partial charge is 0.220 e. The van der Waals surface area contributed by atoms with Gasteiger partial charge in [-0.1, -0.05) is 18.2 Å². The average Bonchev–Trinajstić information content (AvgIpc) is 2.86. The van der Waals surface area contributed by atoms with E-state index in [1.165, 1.54) is 12.8 Å². The van der Waals surface area contributed by atoms with Crippen LogP contribution < -0.4 is 15.4 Å². The summed E-state index contributed by atoms with van der Waals surface area (Å²) in [6, 6.07) is 9.27. The highest BCUT2D eigenvalue weighted by Gasteiger charge is 2.34. The van der Waals surface area contributed by atoms with Crippen molar-refractivity contribution in [3.63, 3.8) is 0 Å². The first kappa shape index (κ1) is 16.3. The zero-order chi connectivity index (χ0) is 16.2. The molecule has 1 amide bonds. The Morgan fingerprint density at radius 1 is 1.30 bits per heavy atom. The van der Waals surface area contributed by atoms with E-state index in [2.05, 4.69) is 10.6 Å². The monoisotopic (exact) mass is 316 g/mol. The Kier molecular flexibility index (Phi) is 5.21. The highest BCUT2D eigenvalue weighted by Crippen LogP contribution is 2.32. The molecule has 4 heteroatoms. The summed E-state index contributed by atoms with van der Waals surface area (Å²) < 4.78 is 5.90. The largest absolute Gasteiger partial charge is 0.489 e. The van der Waals surface area contributed by atoms with Crippen molar-refractivity contribution < 1.29 is 9.53 Å². The molecule has 1 aromatic carbocycles. The summed E-state index contributed by atoms with van der Waals surface area (Å²) in [4.78, 5) is 12.2. The summed E-state index contributed by atoms with van der Waals surface area (Å²) in [5, 5.41) is 6.66. The molecule has 2 aliphatic heterocycles. The van der Waals surface area contributed by atoms with Crippen molar-refractivity contribution in [1.82, 2.24) is 10.6 Å². The molecule has 1 aromatic rings. The average molecular weight is 316 g/mol. The second-order valence-corrected chi connectivity index (χ2v) is 7.18. The van der Waals surface area contributed by atoms with Crippen LogP contribution in [0.4, 0.5) is 0 Å². The molecule has 2 aliphatic rings.